The van der Waals surface area contributed by atoms with E-state index in [0.717, 1.165) is 5.56 Å². The molecule has 0 amide bonds. The molecule has 0 aliphatic carbocycles. The zero-order valence-electron chi connectivity index (χ0n) is 12.9. The van der Waals surface area contributed by atoms with E-state index in [1.807, 2.05) is 30.3 Å². The van der Waals surface area contributed by atoms with Crippen LogP contribution in [-0.4, -0.2) is 21.0 Å². The van der Waals surface area contributed by atoms with E-state index in [1.165, 1.54) is 6.20 Å². The van der Waals surface area contributed by atoms with Gasteiger partial charge in [-0.15, -0.1) is 0 Å². The number of hydrogen-bond acceptors (Lipinski definition) is 3. The first-order valence-corrected chi connectivity index (χ1v) is 9.26. The molecule has 2 atom stereocenters. The molecule has 1 aromatic carbocycles. The third-order valence-electron chi connectivity index (χ3n) is 3.77. The van der Waals surface area contributed by atoms with E-state index in [2.05, 4.69) is 4.98 Å². The van der Waals surface area contributed by atoms with E-state index < -0.39 is 19.3 Å². The van der Waals surface area contributed by atoms with Crippen molar-refractivity contribution in [3.8, 4) is 0 Å². The van der Waals surface area contributed by atoms with Crippen molar-refractivity contribution >= 4 is 18.6 Å². The summed E-state index contributed by atoms with van der Waals surface area (Å²) in [5.74, 6) is -1.36. The highest BCUT2D eigenvalue weighted by molar-refractivity contribution is 7.65. The van der Waals surface area contributed by atoms with E-state index in [1.54, 1.807) is 19.2 Å². The monoisotopic (exact) mass is 333 g/mol. The second kappa shape index (κ2) is 7.53. The van der Waals surface area contributed by atoms with E-state index in [9.17, 15) is 14.3 Å². The molecule has 1 aromatic heterocycles. The summed E-state index contributed by atoms with van der Waals surface area (Å²) in [6.45, 7) is 1.63. The number of benzene rings is 1. The van der Waals surface area contributed by atoms with Crippen LogP contribution < -0.4 is 5.30 Å². The molecular formula is C17H20NO4P. The van der Waals surface area contributed by atoms with Gasteiger partial charge in [-0.25, -0.2) is 0 Å². The maximum Gasteiger partial charge on any atom is 0.306 e. The minimum Gasteiger partial charge on any atom is -0.481 e. The normalized spacial score (nSPS) is 14.9. The smallest absolute Gasteiger partial charge is 0.306 e. The summed E-state index contributed by atoms with van der Waals surface area (Å²) in [5.41, 5.74) is 1.47. The van der Waals surface area contributed by atoms with Gasteiger partial charge in [-0.05, 0) is 30.0 Å². The molecule has 5 nitrogen and oxygen atoms in total. The Labute approximate surface area is 135 Å². The molecule has 0 bridgehead atoms. The van der Waals surface area contributed by atoms with Crippen LogP contribution in [0.15, 0.2) is 48.8 Å². The van der Waals surface area contributed by atoms with Gasteiger partial charge in [-0.3, -0.25) is 14.3 Å². The van der Waals surface area contributed by atoms with Gasteiger partial charge in [0.25, 0.3) is 0 Å². The van der Waals surface area contributed by atoms with Gasteiger partial charge in [-0.1, -0.05) is 37.3 Å². The SMILES string of the molecule is CC(CCc1ccncc1P(=O)(O)Cc1ccccc1)C(=O)O. The molecule has 0 saturated heterocycles. The lowest BCUT2D eigenvalue weighted by Crippen LogP contribution is -2.16. The zero-order valence-corrected chi connectivity index (χ0v) is 13.8. The van der Waals surface area contributed by atoms with Gasteiger partial charge >= 0.3 is 5.97 Å². The molecule has 0 saturated carbocycles. The Morgan fingerprint density at radius 3 is 2.61 bits per heavy atom. The van der Waals surface area contributed by atoms with E-state index >= 15 is 0 Å². The molecule has 2 aromatic rings. The maximum absolute atomic E-state index is 12.8. The van der Waals surface area contributed by atoms with Crippen molar-refractivity contribution in [3.63, 3.8) is 0 Å². The van der Waals surface area contributed by atoms with Gasteiger partial charge in [-0.2, -0.15) is 0 Å². The molecule has 122 valence electrons. The second-order valence-electron chi connectivity index (χ2n) is 5.63. The van der Waals surface area contributed by atoms with E-state index in [0.29, 0.717) is 23.7 Å². The van der Waals surface area contributed by atoms with Gasteiger partial charge < -0.3 is 10.00 Å². The van der Waals surface area contributed by atoms with Gasteiger partial charge in [0.1, 0.15) is 0 Å². The van der Waals surface area contributed by atoms with Crippen molar-refractivity contribution in [2.24, 2.45) is 5.92 Å². The first kappa shape index (κ1) is 17.4. The summed E-state index contributed by atoms with van der Waals surface area (Å²) in [6, 6.07) is 10.8. The Morgan fingerprint density at radius 2 is 1.96 bits per heavy atom. The summed E-state index contributed by atoms with van der Waals surface area (Å²) in [5, 5.41) is 9.29. The number of carboxylic acid groups (broad SMARTS) is 1. The van der Waals surface area contributed by atoms with Crippen LogP contribution in [0.4, 0.5) is 0 Å². The van der Waals surface area contributed by atoms with Crippen LogP contribution >= 0.6 is 7.37 Å². The highest BCUT2D eigenvalue weighted by atomic mass is 31.2. The summed E-state index contributed by atoms with van der Waals surface area (Å²) < 4.78 is 12.8. The minimum absolute atomic E-state index is 0.0427. The molecule has 1 heterocycles. The maximum atomic E-state index is 12.8. The standard InChI is InChI=1S/C17H20NO4P/c1-13(17(19)20)7-8-15-9-10-18-11-16(15)23(21,22)12-14-5-3-2-4-6-14/h2-6,9-11,13H,7-8,12H2,1H3,(H,19,20)(H,21,22). The number of carboxylic acids is 1. The zero-order chi connectivity index (χ0) is 16.9. The molecule has 0 spiro atoms. The highest BCUT2D eigenvalue weighted by Crippen LogP contribution is 2.44. The lowest BCUT2D eigenvalue weighted by molar-refractivity contribution is -0.141. The number of hydrogen-bond donors (Lipinski definition) is 2. The van der Waals surface area contributed by atoms with Crippen LogP contribution in [-0.2, 0) is 21.9 Å². The quantitative estimate of drug-likeness (QED) is 0.761. The van der Waals surface area contributed by atoms with Crippen LogP contribution in [0.25, 0.3) is 0 Å². The Balaban J connectivity index is 2.21. The predicted molar refractivity (Wildman–Crippen MR) is 89.0 cm³/mol. The fourth-order valence-corrected chi connectivity index (χ4v) is 4.11. The lowest BCUT2D eigenvalue weighted by atomic mass is 10.0. The van der Waals surface area contributed by atoms with Crippen LogP contribution in [0.1, 0.15) is 24.5 Å². The summed E-state index contributed by atoms with van der Waals surface area (Å²) >= 11 is 0. The van der Waals surface area contributed by atoms with Crippen molar-refractivity contribution in [2.75, 3.05) is 0 Å². The average molecular weight is 333 g/mol. The molecule has 2 unspecified atom stereocenters. The summed E-state index contributed by atoms with van der Waals surface area (Å²) in [7, 11) is -3.60. The number of rotatable bonds is 7. The Morgan fingerprint density at radius 1 is 1.26 bits per heavy atom. The van der Waals surface area contributed by atoms with Gasteiger partial charge in [0.2, 0.25) is 7.37 Å². The third-order valence-corrected chi connectivity index (χ3v) is 5.72. The van der Waals surface area contributed by atoms with Gasteiger partial charge in [0, 0.05) is 12.4 Å². The molecule has 2 rings (SSSR count). The fourth-order valence-electron chi connectivity index (χ4n) is 2.35. The molecule has 2 N–H and O–H groups in total. The van der Waals surface area contributed by atoms with Crippen molar-refractivity contribution in [1.82, 2.24) is 4.98 Å². The van der Waals surface area contributed by atoms with Crippen LogP contribution in [0.2, 0.25) is 0 Å². The third kappa shape index (κ3) is 4.75. The molecule has 6 heteroatoms. The van der Waals surface area contributed by atoms with Crippen molar-refractivity contribution in [1.29, 1.82) is 0 Å². The predicted octanol–water partition coefficient (Wildman–Crippen LogP) is 2.83. The van der Waals surface area contributed by atoms with Crippen molar-refractivity contribution in [3.05, 3.63) is 59.9 Å². The van der Waals surface area contributed by atoms with Crippen molar-refractivity contribution < 1.29 is 19.4 Å². The van der Waals surface area contributed by atoms with Crippen LogP contribution in [0.5, 0.6) is 0 Å². The number of pyridine rings is 1. The molecule has 0 radical (unpaired) electrons. The highest BCUT2D eigenvalue weighted by Gasteiger charge is 2.25. The van der Waals surface area contributed by atoms with E-state index in [4.69, 9.17) is 5.11 Å². The van der Waals surface area contributed by atoms with Crippen LogP contribution in [0.3, 0.4) is 0 Å². The molecule has 0 fully saturated rings. The summed E-state index contributed by atoms with van der Waals surface area (Å²) in [4.78, 5) is 25.4. The van der Waals surface area contributed by atoms with Gasteiger partial charge in [0.15, 0.2) is 0 Å². The van der Waals surface area contributed by atoms with Crippen molar-refractivity contribution in [2.45, 2.75) is 25.9 Å². The number of carbonyl (C=O) groups is 1. The Hall–Kier alpha value is -1.97. The summed E-state index contributed by atoms with van der Waals surface area (Å²) in [6.07, 6.45) is 3.88. The number of aliphatic carboxylic acids is 1. The van der Waals surface area contributed by atoms with E-state index in [-0.39, 0.29) is 6.16 Å². The molecule has 0 aliphatic rings. The molecular weight excluding hydrogens is 313 g/mol. The largest absolute Gasteiger partial charge is 0.481 e. The van der Waals surface area contributed by atoms with Crippen LogP contribution in [0, 0.1) is 5.92 Å². The minimum atomic E-state index is -3.60. The molecule has 0 aliphatic heterocycles. The Bertz CT molecular complexity index is 718. The number of aromatic nitrogens is 1. The fraction of sp³-hybridized carbons (Fsp3) is 0.294. The molecule has 23 heavy (non-hydrogen) atoms. The first-order chi connectivity index (χ1) is 10.9. The first-order valence-electron chi connectivity index (χ1n) is 7.42. The Kier molecular flexibility index (Phi) is 5.69. The van der Waals surface area contributed by atoms with Gasteiger partial charge in [0.05, 0.1) is 17.4 Å². The lowest BCUT2D eigenvalue weighted by Gasteiger charge is -2.16. The number of aryl methyl sites for hydroxylation is 1. The second-order valence-corrected chi connectivity index (χ2v) is 7.83. The number of nitrogens with zero attached hydrogens (tertiary/aromatic N) is 1. The average Bonchev–Trinajstić information content (AvgIpc) is 2.53. The topological polar surface area (TPSA) is 87.5 Å².